The van der Waals surface area contributed by atoms with Gasteiger partial charge in [0.05, 0.1) is 6.10 Å². The minimum atomic E-state index is -0.334. The average Bonchev–Trinajstić information content (AvgIpc) is 3.01. The Labute approximate surface area is 92.1 Å². The van der Waals surface area contributed by atoms with Crippen LogP contribution in [0.25, 0.3) is 0 Å². The summed E-state index contributed by atoms with van der Waals surface area (Å²) in [5.74, 6) is 0.860. The zero-order valence-electron chi connectivity index (χ0n) is 9.61. The molecule has 15 heavy (non-hydrogen) atoms. The highest BCUT2D eigenvalue weighted by atomic mass is 16.3. The van der Waals surface area contributed by atoms with Crippen LogP contribution in [0.5, 0.6) is 0 Å². The molecule has 1 aliphatic rings. The van der Waals surface area contributed by atoms with Crippen molar-refractivity contribution in [3.63, 3.8) is 0 Å². The zero-order chi connectivity index (χ0) is 10.9. The van der Waals surface area contributed by atoms with Gasteiger partial charge >= 0.3 is 0 Å². The van der Waals surface area contributed by atoms with Crippen LogP contribution in [0.3, 0.4) is 0 Å². The predicted molar refractivity (Wildman–Crippen MR) is 62.5 cm³/mol. The lowest BCUT2D eigenvalue weighted by Gasteiger charge is -2.31. The molecular formula is C14H20O. The highest BCUT2D eigenvalue weighted by molar-refractivity contribution is 5.19. The summed E-state index contributed by atoms with van der Waals surface area (Å²) >= 11 is 0. The highest BCUT2D eigenvalue weighted by Gasteiger charge is 2.35. The van der Waals surface area contributed by atoms with Crippen molar-refractivity contribution < 1.29 is 5.11 Å². The Kier molecular flexibility index (Phi) is 2.83. The fraction of sp³-hybridized carbons (Fsp3) is 0.571. The molecule has 1 N–H and O–H groups in total. The van der Waals surface area contributed by atoms with Crippen molar-refractivity contribution in [1.29, 1.82) is 0 Å². The van der Waals surface area contributed by atoms with Gasteiger partial charge in [-0.25, -0.2) is 0 Å². The SMILES string of the molecule is CC(C)(CC1CC1)C(O)c1ccccc1. The molecule has 0 spiro atoms. The minimum absolute atomic E-state index is 0.00250. The second-order valence-corrected chi connectivity index (χ2v) is 5.45. The highest BCUT2D eigenvalue weighted by Crippen LogP contribution is 2.45. The van der Waals surface area contributed by atoms with Crippen LogP contribution >= 0.6 is 0 Å². The summed E-state index contributed by atoms with van der Waals surface area (Å²) in [5.41, 5.74) is 1.05. The van der Waals surface area contributed by atoms with Gasteiger partial charge in [-0.2, -0.15) is 0 Å². The number of rotatable bonds is 4. The maximum Gasteiger partial charge on any atom is 0.0841 e. The second kappa shape index (κ2) is 3.97. The van der Waals surface area contributed by atoms with Crippen LogP contribution in [0.15, 0.2) is 30.3 Å². The Bertz CT molecular complexity index is 311. The van der Waals surface area contributed by atoms with Crippen molar-refractivity contribution >= 4 is 0 Å². The largest absolute Gasteiger partial charge is 0.388 e. The fourth-order valence-corrected chi connectivity index (χ4v) is 2.26. The average molecular weight is 204 g/mol. The van der Waals surface area contributed by atoms with E-state index in [9.17, 15) is 5.11 Å². The van der Waals surface area contributed by atoms with Crippen molar-refractivity contribution in [3.8, 4) is 0 Å². The lowest BCUT2D eigenvalue weighted by Crippen LogP contribution is -2.22. The molecule has 1 aliphatic carbocycles. The standard InChI is InChI=1S/C14H20O/c1-14(2,10-11-8-9-11)13(15)12-6-4-3-5-7-12/h3-7,11,13,15H,8-10H2,1-2H3. The summed E-state index contributed by atoms with van der Waals surface area (Å²) < 4.78 is 0. The first-order valence-electron chi connectivity index (χ1n) is 5.82. The van der Waals surface area contributed by atoms with Crippen LogP contribution in [0.1, 0.15) is 44.8 Å². The lowest BCUT2D eigenvalue weighted by atomic mass is 9.78. The first-order valence-corrected chi connectivity index (χ1v) is 5.82. The molecule has 1 nitrogen and oxygen atoms in total. The summed E-state index contributed by atoms with van der Waals surface area (Å²) in [5, 5.41) is 10.3. The molecule has 0 radical (unpaired) electrons. The van der Waals surface area contributed by atoms with Gasteiger partial charge in [-0.05, 0) is 23.3 Å². The van der Waals surface area contributed by atoms with E-state index < -0.39 is 0 Å². The Morgan fingerprint density at radius 1 is 1.27 bits per heavy atom. The van der Waals surface area contributed by atoms with Crippen LogP contribution in [-0.2, 0) is 0 Å². The lowest BCUT2D eigenvalue weighted by molar-refractivity contribution is 0.0389. The number of hydrogen-bond donors (Lipinski definition) is 1. The Morgan fingerprint density at radius 2 is 1.87 bits per heavy atom. The second-order valence-electron chi connectivity index (χ2n) is 5.45. The van der Waals surface area contributed by atoms with E-state index in [1.807, 2.05) is 30.3 Å². The molecule has 0 aliphatic heterocycles. The number of aliphatic hydroxyl groups is 1. The van der Waals surface area contributed by atoms with Gasteiger partial charge in [-0.1, -0.05) is 57.0 Å². The Morgan fingerprint density at radius 3 is 2.40 bits per heavy atom. The van der Waals surface area contributed by atoms with Gasteiger partial charge in [0.25, 0.3) is 0 Å². The number of aliphatic hydroxyl groups excluding tert-OH is 1. The monoisotopic (exact) mass is 204 g/mol. The van der Waals surface area contributed by atoms with Gasteiger partial charge in [0, 0.05) is 0 Å². The van der Waals surface area contributed by atoms with E-state index in [-0.39, 0.29) is 11.5 Å². The van der Waals surface area contributed by atoms with E-state index in [1.54, 1.807) is 0 Å². The summed E-state index contributed by atoms with van der Waals surface area (Å²) in [6, 6.07) is 10.0. The van der Waals surface area contributed by atoms with Gasteiger partial charge in [0.2, 0.25) is 0 Å². The summed E-state index contributed by atoms with van der Waals surface area (Å²) in [7, 11) is 0. The third-order valence-electron chi connectivity index (χ3n) is 3.37. The molecule has 0 aromatic heterocycles. The van der Waals surface area contributed by atoms with Crippen molar-refractivity contribution in [2.75, 3.05) is 0 Å². The quantitative estimate of drug-likeness (QED) is 0.795. The molecule has 0 amide bonds. The zero-order valence-corrected chi connectivity index (χ0v) is 9.61. The maximum atomic E-state index is 10.3. The molecule has 1 atom stereocenters. The fourth-order valence-electron chi connectivity index (χ4n) is 2.26. The van der Waals surface area contributed by atoms with E-state index in [1.165, 1.54) is 12.8 Å². The summed E-state index contributed by atoms with van der Waals surface area (Å²) in [4.78, 5) is 0. The Balaban J connectivity index is 2.08. The van der Waals surface area contributed by atoms with Gasteiger partial charge in [-0.15, -0.1) is 0 Å². The van der Waals surface area contributed by atoms with Crippen LogP contribution < -0.4 is 0 Å². The van der Waals surface area contributed by atoms with Gasteiger partial charge < -0.3 is 5.11 Å². The third-order valence-corrected chi connectivity index (χ3v) is 3.37. The molecule has 0 saturated heterocycles. The predicted octanol–water partition coefficient (Wildman–Crippen LogP) is 3.55. The maximum absolute atomic E-state index is 10.3. The molecule has 1 fully saturated rings. The van der Waals surface area contributed by atoms with E-state index >= 15 is 0 Å². The molecule has 82 valence electrons. The Hall–Kier alpha value is -0.820. The molecule has 1 unspecified atom stereocenters. The molecule has 0 heterocycles. The van der Waals surface area contributed by atoms with Crippen molar-refractivity contribution in [3.05, 3.63) is 35.9 Å². The van der Waals surface area contributed by atoms with Crippen LogP contribution in [0, 0.1) is 11.3 Å². The minimum Gasteiger partial charge on any atom is -0.388 e. The molecule has 1 saturated carbocycles. The first kappa shape index (κ1) is 10.7. The van der Waals surface area contributed by atoms with E-state index in [4.69, 9.17) is 0 Å². The topological polar surface area (TPSA) is 20.2 Å². The number of benzene rings is 1. The third kappa shape index (κ3) is 2.60. The van der Waals surface area contributed by atoms with Crippen molar-refractivity contribution in [1.82, 2.24) is 0 Å². The van der Waals surface area contributed by atoms with Gasteiger partial charge in [0.1, 0.15) is 0 Å². The van der Waals surface area contributed by atoms with Crippen molar-refractivity contribution in [2.45, 2.75) is 39.2 Å². The first-order chi connectivity index (χ1) is 7.09. The smallest absolute Gasteiger partial charge is 0.0841 e. The molecule has 1 heteroatoms. The molecule has 0 bridgehead atoms. The van der Waals surface area contributed by atoms with Gasteiger partial charge in [-0.3, -0.25) is 0 Å². The number of hydrogen-bond acceptors (Lipinski definition) is 1. The van der Waals surface area contributed by atoms with Crippen LogP contribution in [0.2, 0.25) is 0 Å². The molecule has 2 rings (SSSR count). The summed E-state index contributed by atoms with van der Waals surface area (Å²) in [6.45, 7) is 4.34. The summed E-state index contributed by atoms with van der Waals surface area (Å²) in [6.07, 6.45) is 3.51. The van der Waals surface area contributed by atoms with Crippen LogP contribution in [-0.4, -0.2) is 5.11 Å². The molecule has 1 aromatic rings. The van der Waals surface area contributed by atoms with E-state index in [0.717, 1.165) is 17.9 Å². The van der Waals surface area contributed by atoms with Crippen LogP contribution in [0.4, 0.5) is 0 Å². The van der Waals surface area contributed by atoms with E-state index in [2.05, 4.69) is 13.8 Å². The van der Waals surface area contributed by atoms with Gasteiger partial charge in [0.15, 0.2) is 0 Å². The van der Waals surface area contributed by atoms with E-state index in [0.29, 0.717) is 0 Å². The normalized spacial score (nSPS) is 18.9. The van der Waals surface area contributed by atoms with Crippen molar-refractivity contribution in [2.24, 2.45) is 11.3 Å². The molecular weight excluding hydrogens is 184 g/mol. The molecule has 1 aromatic carbocycles.